The number of hydrogen-bond donors (Lipinski definition) is 2. The maximum Gasteiger partial charge on any atom is 0.290 e. The van der Waals surface area contributed by atoms with Gasteiger partial charge in [-0.2, -0.15) is 0 Å². The molecular formula is C23H25F3N4O4S2. The summed E-state index contributed by atoms with van der Waals surface area (Å²) >= 11 is 1.15. The van der Waals surface area contributed by atoms with Gasteiger partial charge >= 0.3 is 0 Å². The molecule has 2 aromatic carbocycles. The highest BCUT2D eigenvalue weighted by atomic mass is 32.2. The van der Waals surface area contributed by atoms with Gasteiger partial charge in [0.15, 0.2) is 5.82 Å². The van der Waals surface area contributed by atoms with Crippen LogP contribution in [0.5, 0.6) is 0 Å². The third kappa shape index (κ3) is 6.74. The van der Waals surface area contributed by atoms with E-state index in [1.165, 1.54) is 10.9 Å². The molecule has 1 unspecified atom stereocenters. The average molecular weight is 543 g/mol. The second kappa shape index (κ2) is 12.2. The van der Waals surface area contributed by atoms with Crippen LogP contribution in [0.4, 0.5) is 24.7 Å². The zero-order valence-electron chi connectivity index (χ0n) is 19.2. The van der Waals surface area contributed by atoms with Crippen molar-refractivity contribution in [2.75, 3.05) is 29.8 Å². The number of anilines is 2. The van der Waals surface area contributed by atoms with Crippen molar-refractivity contribution in [1.82, 2.24) is 9.88 Å². The fraction of sp³-hybridized carbons (Fsp3) is 0.304. The summed E-state index contributed by atoms with van der Waals surface area (Å²) in [5.74, 6) is -1.09. The van der Waals surface area contributed by atoms with Gasteiger partial charge < -0.3 is 10.0 Å². The van der Waals surface area contributed by atoms with Crippen LogP contribution in [-0.4, -0.2) is 56.1 Å². The zero-order chi connectivity index (χ0) is 26.3. The Morgan fingerprint density at radius 3 is 2.61 bits per heavy atom. The number of carbonyl (C=O) groups is 1. The molecule has 1 aliphatic heterocycles. The molecule has 13 heteroatoms. The van der Waals surface area contributed by atoms with Crippen molar-refractivity contribution in [1.29, 1.82) is 0 Å². The highest BCUT2D eigenvalue weighted by Crippen LogP contribution is 2.36. The predicted molar refractivity (Wildman–Crippen MR) is 131 cm³/mol. The first-order valence-corrected chi connectivity index (χ1v) is 13.2. The third-order valence-electron chi connectivity index (χ3n) is 5.70. The summed E-state index contributed by atoms with van der Waals surface area (Å²) in [6, 6.07) is 11.4. The Bertz CT molecular complexity index is 1250. The first-order valence-electron chi connectivity index (χ1n) is 10.8. The lowest BCUT2D eigenvalue weighted by atomic mass is 10.1. The molecule has 1 saturated heterocycles. The van der Waals surface area contributed by atoms with Gasteiger partial charge in [-0.15, -0.1) is 11.3 Å². The fourth-order valence-electron chi connectivity index (χ4n) is 4.01. The fourth-order valence-corrected chi connectivity index (χ4v) is 5.66. The van der Waals surface area contributed by atoms with Crippen LogP contribution in [-0.2, 0) is 21.4 Å². The Hall–Kier alpha value is -3.16. The van der Waals surface area contributed by atoms with Crippen molar-refractivity contribution in [3.63, 3.8) is 0 Å². The van der Waals surface area contributed by atoms with Crippen LogP contribution in [0.1, 0.15) is 24.0 Å². The minimum absolute atomic E-state index is 0.00338. The molecule has 0 amide bonds. The maximum absolute atomic E-state index is 14.9. The molecule has 0 bridgehead atoms. The topological polar surface area (TPSA) is 103 Å². The van der Waals surface area contributed by atoms with Gasteiger partial charge in [-0.05, 0) is 24.1 Å². The minimum Gasteiger partial charge on any atom is -0.483 e. The number of nitrogens with one attached hydrogen (secondary N) is 1. The number of aromatic nitrogens is 1. The van der Waals surface area contributed by atoms with Gasteiger partial charge in [-0.25, -0.2) is 26.6 Å². The molecular weight excluding hydrogens is 517 g/mol. The third-order valence-corrected chi connectivity index (χ3v) is 7.66. The van der Waals surface area contributed by atoms with Crippen LogP contribution in [0.15, 0.2) is 58.3 Å². The predicted octanol–water partition coefficient (Wildman–Crippen LogP) is 4.43. The largest absolute Gasteiger partial charge is 0.483 e. The molecule has 36 heavy (non-hydrogen) atoms. The number of sulfonamides is 1. The molecule has 194 valence electrons. The molecule has 2 heterocycles. The van der Waals surface area contributed by atoms with E-state index in [1.807, 2.05) is 30.3 Å². The maximum atomic E-state index is 14.9. The molecule has 0 spiro atoms. The molecule has 3 aromatic rings. The average Bonchev–Trinajstić information content (AvgIpc) is 3.51. The number of likely N-dealkylation sites (tertiary alicyclic amines) is 1. The number of halogens is 3. The van der Waals surface area contributed by atoms with Crippen molar-refractivity contribution in [2.45, 2.75) is 30.3 Å². The van der Waals surface area contributed by atoms with Crippen LogP contribution in [0.2, 0.25) is 0 Å². The summed E-state index contributed by atoms with van der Waals surface area (Å²) in [5.41, 5.74) is 2.02. The molecule has 2 N–H and O–H groups in total. The second-order valence-corrected chi connectivity index (χ2v) is 10.4. The summed E-state index contributed by atoms with van der Waals surface area (Å²) in [6.45, 7) is 1.89. The number of benzene rings is 2. The van der Waals surface area contributed by atoms with Crippen molar-refractivity contribution in [2.24, 2.45) is 0 Å². The van der Waals surface area contributed by atoms with E-state index >= 15 is 0 Å². The molecule has 8 nitrogen and oxygen atoms in total. The van der Waals surface area contributed by atoms with Gasteiger partial charge in [0.2, 0.25) is 0 Å². The monoisotopic (exact) mass is 542 g/mol. The van der Waals surface area contributed by atoms with E-state index in [-0.39, 0.29) is 24.0 Å². The Labute approximate surface area is 211 Å². The van der Waals surface area contributed by atoms with E-state index in [0.29, 0.717) is 6.54 Å². The van der Waals surface area contributed by atoms with E-state index < -0.39 is 32.7 Å². The van der Waals surface area contributed by atoms with Gasteiger partial charge in [0.25, 0.3) is 22.9 Å². The smallest absolute Gasteiger partial charge is 0.290 e. The molecule has 1 fully saturated rings. The number of hydrogen-bond acceptors (Lipinski definition) is 7. The molecule has 0 saturated carbocycles. The summed E-state index contributed by atoms with van der Waals surface area (Å²) in [4.78, 5) is 15.2. The molecule has 1 atom stereocenters. The van der Waals surface area contributed by atoms with Gasteiger partial charge in [0.1, 0.15) is 10.7 Å². The highest BCUT2D eigenvalue weighted by Gasteiger charge is 2.31. The van der Waals surface area contributed by atoms with Crippen LogP contribution in [0.3, 0.4) is 0 Å². The van der Waals surface area contributed by atoms with Crippen molar-refractivity contribution < 1.29 is 31.5 Å². The van der Waals surface area contributed by atoms with Gasteiger partial charge in [0.05, 0.1) is 5.51 Å². The van der Waals surface area contributed by atoms with Crippen molar-refractivity contribution >= 4 is 39.3 Å². The zero-order valence-corrected chi connectivity index (χ0v) is 20.9. The molecule has 1 aliphatic rings. The van der Waals surface area contributed by atoms with E-state index in [0.717, 1.165) is 48.5 Å². The number of carboxylic acid groups (broad SMARTS) is 1. The SMILES string of the molecule is CN(c1cc(F)c(S(=O)(=O)Nc2cscn2)cc1C(F)F)C1CCN(Cc2ccccc2)C1.O=CO. The lowest BCUT2D eigenvalue weighted by Gasteiger charge is -2.29. The van der Waals surface area contributed by atoms with E-state index in [9.17, 15) is 21.6 Å². The van der Waals surface area contributed by atoms with Gasteiger partial charge in [-0.1, -0.05) is 30.3 Å². The number of nitrogens with zero attached hydrogens (tertiary/aromatic N) is 3. The second-order valence-electron chi connectivity index (χ2n) is 8.00. The molecule has 0 radical (unpaired) electrons. The number of rotatable bonds is 8. The summed E-state index contributed by atoms with van der Waals surface area (Å²) in [6.07, 6.45) is -2.25. The lowest BCUT2D eigenvalue weighted by Crippen LogP contribution is -2.35. The molecule has 1 aromatic heterocycles. The Kier molecular flexibility index (Phi) is 9.29. The first-order chi connectivity index (χ1) is 17.2. The van der Waals surface area contributed by atoms with Crippen LogP contribution in [0.25, 0.3) is 0 Å². The standard InChI is InChI=1S/C22H23F3N4O2S2.CH2O2/c1-28(16-7-8-29(12-16)11-15-5-3-2-4-6-15)19-10-18(23)20(9-17(19)22(24)25)33(30,31)27-21-13-32-14-26-21;2-1-3/h2-6,9-10,13-14,16,22,27H,7-8,11-12H2,1H3;1H,(H,2,3). The van der Waals surface area contributed by atoms with Crippen LogP contribution >= 0.6 is 11.3 Å². The summed E-state index contributed by atoms with van der Waals surface area (Å²) in [7, 11) is -2.78. The van der Waals surface area contributed by atoms with Crippen molar-refractivity contribution in [3.8, 4) is 0 Å². The quantitative estimate of drug-likeness (QED) is 0.406. The van der Waals surface area contributed by atoms with E-state index in [4.69, 9.17) is 9.90 Å². The molecule has 0 aliphatic carbocycles. The highest BCUT2D eigenvalue weighted by molar-refractivity contribution is 7.92. The molecule has 4 rings (SSSR count). The number of likely N-dealkylation sites (N-methyl/N-ethyl adjacent to an activating group) is 1. The normalized spacial score (nSPS) is 15.9. The number of thiazole rings is 1. The van der Waals surface area contributed by atoms with E-state index in [2.05, 4.69) is 14.6 Å². The number of alkyl halides is 2. The van der Waals surface area contributed by atoms with Crippen LogP contribution in [0, 0.1) is 5.82 Å². The van der Waals surface area contributed by atoms with Gasteiger partial charge in [0, 0.05) is 49.4 Å². The summed E-state index contributed by atoms with van der Waals surface area (Å²) in [5, 5.41) is 8.31. The first kappa shape index (κ1) is 27.4. The van der Waals surface area contributed by atoms with Gasteiger partial charge in [-0.3, -0.25) is 14.4 Å². The Balaban J connectivity index is 0.00000115. The Morgan fingerprint density at radius 1 is 1.31 bits per heavy atom. The summed E-state index contributed by atoms with van der Waals surface area (Å²) < 4.78 is 70.1. The Morgan fingerprint density at radius 2 is 2.00 bits per heavy atom. The minimum atomic E-state index is -4.42. The van der Waals surface area contributed by atoms with Crippen LogP contribution < -0.4 is 9.62 Å². The van der Waals surface area contributed by atoms with E-state index in [1.54, 1.807) is 11.9 Å². The van der Waals surface area contributed by atoms with Crippen molar-refractivity contribution in [3.05, 3.63) is 70.3 Å². The lowest BCUT2D eigenvalue weighted by molar-refractivity contribution is -0.122.